The van der Waals surface area contributed by atoms with Crippen LogP contribution in [-0.4, -0.2) is 54.6 Å². The molecule has 2 N–H and O–H groups in total. The zero-order valence-corrected chi connectivity index (χ0v) is 15.3. The van der Waals surface area contributed by atoms with Crippen LogP contribution in [0.5, 0.6) is 0 Å². The molecule has 0 aliphatic heterocycles. The van der Waals surface area contributed by atoms with Crippen LogP contribution in [0.25, 0.3) is 0 Å². The predicted molar refractivity (Wildman–Crippen MR) is 89.9 cm³/mol. The summed E-state index contributed by atoms with van der Waals surface area (Å²) in [6, 6.07) is -1.14. The van der Waals surface area contributed by atoms with Crippen LogP contribution in [0.15, 0.2) is 0 Å². The number of carboxylic acid groups (broad SMARTS) is 1. The fourth-order valence-corrected chi connectivity index (χ4v) is 6.38. The number of fused-ring (bicyclic) bond motifs is 3. The van der Waals surface area contributed by atoms with E-state index in [1.807, 2.05) is 0 Å². The third-order valence-electron chi connectivity index (χ3n) is 5.59. The quantitative estimate of drug-likeness (QED) is 0.677. The summed E-state index contributed by atoms with van der Waals surface area (Å²) in [5.41, 5.74) is -0.196. The van der Waals surface area contributed by atoms with E-state index < -0.39 is 22.0 Å². The van der Waals surface area contributed by atoms with Crippen molar-refractivity contribution in [3.8, 4) is 0 Å². The van der Waals surface area contributed by atoms with Crippen molar-refractivity contribution < 1.29 is 23.1 Å². The lowest BCUT2D eigenvalue weighted by molar-refractivity contribution is -0.140. The highest BCUT2D eigenvalue weighted by molar-refractivity contribution is 7.89. The lowest BCUT2D eigenvalue weighted by Gasteiger charge is -2.47. The molecule has 8 heteroatoms. The molecule has 1 amide bonds. The van der Waals surface area contributed by atoms with Crippen molar-refractivity contribution in [2.45, 2.75) is 58.4 Å². The number of carbonyl (C=O) groups is 2. The molecule has 138 valence electrons. The number of carboxylic acids is 1. The first-order valence-electron chi connectivity index (χ1n) is 8.62. The summed E-state index contributed by atoms with van der Waals surface area (Å²) in [5.74, 6) is -0.682. The second-order valence-electron chi connectivity index (χ2n) is 7.35. The summed E-state index contributed by atoms with van der Waals surface area (Å²) >= 11 is 0. The van der Waals surface area contributed by atoms with Crippen molar-refractivity contribution in [3.05, 3.63) is 0 Å². The van der Waals surface area contributed by atoms with E-state index in [1.54, 1.807) is 0 Å². The number of hydrogen-bond donors (Lipinski definition) is 2. The molecule has 0 radical (unpaired) electrons. The van der Waals surface area contributed by atoms with Crippen LogP contribution in [0.4, 0.5) is 0 Å². The predicted octanol–water partition coefficient (Wildman–Crippen LogP) is 1.20. The maximum absolute atomic E-state index is 13.0. The maximum atomic E-state index is 13.0. The van der Waals surface area contributed by atoms with E-state index in [-0.39, 0.29) is 30.2 Å². The van der Waals surface area contributed by atoms with Gasteiger partial charge >= 0.3 is 5.97 Å². The van der Waals surface area contributed by atoms with E-state index >= 15 is 0 Å². The Morgan fingerprint density at radius 1 is 1.25 bits per heavy atom. The van der Waals surface area contributed by atoms with Crippen LogP contribution in [0, 0.1) is 11.3 Å². The third kappa shape index (κ3) is 4.47. The van der Waals surface area contributed by atoms with Crippen molar-refractivity contribution in [2.75, 3.05) is 18.8 Å². The molecular weight excluding hydrogens is 332 g/mol. The number of rotatable bonds is 8. The van der Waals surface area contributed by atoms with E-state index in [2.05, 4.69) is 5.32 Å². The molecular formula is C16H28N2O5S. The highest BCUT2D eigenvalue weighted by atomic mass is 32.2. The third-order valence-corrected chi connectivity index (χ3v) is 7.78. The van der Waals surface area contributed by atoms with E-state index in [4.69, 9.17) is 0 Å². The van der Waals surface area contributed by atoms with Crippen molar-refractivity contribution in [1.82, 2.24) is 9.62 Å². The Balaban J connectivity index is 2.12. The molecule has 0 aromatic carbocycles. The Bertz CT molecular complexity index is 568. The fraction of sp³-hybridized carbons (Fsp3) is 0.875. The highest BCUT2D eigenvalue weighted by Crippen LogP contribution is 2.51. The second-order valence-corrected chi connectivity index (χ2v) is 9.27. The first kappa shape index (κ1) is 19.2. The maximum Gasteiger partial charge on any atom is 0.321 e. The molecule has 1 atom stereocenters. The van der Waals surface area contributed by atoms with Crippen LogP contribution in [0.3, 0.4) is 0 Å². The zero-order valence-electron chi connectivity index (χ0n) is 14.5. The molecule has 3 aliphatic carbocycles. The molecule has 24 heavy (non-hydrogen) atoms. The Hall–Kier alpha value is -1.15. The SMILES string of the molecule is CC(=O)NCCN(C(C)C(=O)O)S(=O)(=O)CC12CCC(CC1)CC2. The summed E-state index contributed by atoms with van der Waals surface area (Å²) in [6.45, 7) is 2.82. The van der Waals surface area contributed by atoms with Gasteiger partial charge in [0.15, 0.2) is 0 Å². The minimum absolute atomic E-state index is 0.0183. The van der Waals surface area contributed by atoms with Crippen LogP contribution in [0.1, 0.15) is 52.4 Å². The number of hydrogen-bond acceptors (Lipinski definition) is 4. The fourth-order valence-electron chi connectivity index (χ4n) is 4.06. The van der Waals surface area contributed by atoms with Crippen LogP contribution < -0.4 is 5.32 Å². The Morgan fingerprint density at radius 3 is 2.25 bits per heavy atom. The normalized spacial score (nSPS) is 27.9. The minimum atomic E-state index is -3.71. The molecule has 3 aliphatic rings. The standard InChI is InChI=1S/C16H28N2O5S/c1-12(15(20)21)18(10-9-17-13(2)19)24(22,23)11-16-6-3-14(4-7-16)5-8-16/h12,14H,3-11H2,1-2H3,(H,17,19)(H,20,21). The van der Waals surface area contributed by atoms with E-state index in [0.29, 0.717) is 0 Å². The molecule has 3 fully saturated rings. The van der Waals surface area contributed by atoms with Gasteiger partial charge in [-0.2, -0.15) is 4.31 Å². The number of nitrogens with zero attached hydrogens (tertiary/aromatic N) is 1. The molecule has 2 bridgehead atoms. The number of aliphatic carboxylic acids is 1. The molecule has 0 heterocycles. The minimum Gasteiger partial charge on any atom is -0.480 e. The lowest BCUT2D eigenvalue weighted by Crippen LogP contribution is -2.51. The van der Waals surface area contributed by atoms with E-state index in [9.17, 15) is 23.1 Å². The van der Waals surface area contributed by atoms with Crippen LogP contribution in [0.2, 0.25) is 0 Å². The largest absolute Gasteiger partial charge is 0.480 e. The second kappa shape index (κ2) is 7.39. The van der Waals surface area contributed by atoms with Crippen molar-refractivity contribution >= 4 is 21.9 Å². The van der Waals surface area contributed by atoms with Crippen molar-refractivity contribution in [3.63, 3.8) is 0 Å². The van der Waals surface area contributed by atoms with Crippen LogP contribution in [-0.2, 0) is 19.6 Å². The molecule has 0 saturated heterocycles. The zero-order chi connectivity index (χ0) is 18.0. The molecule has 3 saturated carbocycles. The van der Waals surface area contributed by atoms with Gasteiger partial charge in [-0.3, -0.25) is 9.59 Å². The van der Waals surface area contributed by atoms with Crippen molar-refractivity contribution in [2.24, 2.45) is 11.3 Å². The topological polar surface area (TPSA) is 104 Å². The molecule has 0 aromatic rings. The van der Waals surface area contributed by atoms with Gasteiger partial charge in [-0.1, -0.05) is 0 Å². The van der Waals surface area contributed by atoms with Gasteiger partial charge in [-0.15, -0.1) is 0 Å². The summed E-state index contributed by atoms with van der Waals surface area (Å²) < 4.78 is 26.9. The summed E-state index contributed by atoms with van der Waals surface area (Å²) in [5, 5.41) is 11.8. The first-order valence-corrected chi connectivity index (χ1v) is 10.2. The van der Waals surface area contributed by atoms with Gasteiger partial charge in [0.25, 0.3) is 0 Å². The van der Waals surface area contributed by atoms with Gasteiger partial charge in [-0.05, 0) is 56.8 Å². The first-order chi connectivity index (χ1) is 11.2. The molecule has 3 rings (SSSR count). The number of sulfonamides is 1. The van der Waals surface area contributed by atoms with Gasteiger partial charge in [0.1, 0.15) is 6.04 Å². The van der Waals surface area contributed by atoms with E-state index in [0.717, 1.165) is 48.7 Å². The number of amides is 1. The van der Waals surface area contributed by atoms with Gasteiger partial charge < -0.3 is 10.4 Å². The van der Waals surface area contributed by atoms with Gasteiger partial charge in [0, 0.05) is 20.0 Å². The smallest absolute Gasteiger partial charge is 0.321 e. The molecule has 7 nitrogen and oxygen atoms in total. The average molecular weight is 360 g/mol. The van der Waals surface area contributed by atoms with E-state index in [1.165, 1.54) is 13.8 Å². The molecule has 0 aromatic heterocycles. The Kier molecular flexibility index (Phi) is 5.91. The summed E-state index contributed by atoms with van der Waals surface area (Å²) in [4.78, 5) is 22.3. The Morgan fingerprint density at radius 2 is 1.79 bits per heavy atom. The van der Waals surface area contributed by atoms with Gasteiger partial charge in [0.05, 0.1) is 5.75 Å². The summed E-state index contributed by atoms with van der Waals surface area (Å²) in [6.07, 6.45) is 5.98. The van der Waals surface area contributed by atoms with Crippen molar-refractivity contribution in [1.29, 1.82) is 0 Å². The van der Waals surface area contributed by atoms with Crippen LogP contribution >= 0.6 is 0 Å². The molecule has 0 spiro atoms. The van der Waals surface area contributed by atoms with Gasteiger partial charge in [0.2, 0.25) is 15.9 Å². The van der Waals surface area contributed by atoms with Gasteiger partial charge in [-0.25, -0.2) is 8.42 Å². The lowest BCUT2D eigenvalue weighted by atomic mass is 9.62. The average Bonchev–Trinajstić information content (AvgIpc) is 2.51. The summed E-state index contributed by atoms with van der Waals surface area (Å²) in [7, 11) is -3.71. The number of carbonyl (C=O) groups excluding carboxylic acids is 1. The highest BCUT2D eigenvalue weighted by Gasteiger charge is 2.45. The molecule has 1 unspecified atom stereocenters. The Labute approximate surface area is 143 Å². The monoisotopic (exact) mass is 360 g/mol. The number of nitrogens with one attached hydrogen (secondary N) is 1.